The predicted octanol–water partition coefficient (Wildman–Crippen LogP) is 4.22. The van der Waals surface area contributed by atoms with Gasteiger partial charge in [-0.2, -0.15) is 0 Å². The number of aliphatic imine (C=N–C) groups is 1. The molecule has 27 heavy (non-hydrogen) atoms. The van der Waals surface area contributed by atoms with E-state index in [-0.39, 0.29) is 6.10 Å². The van der Waals surface area contributed by atoms with Gasteiger partial charge in [0.2, 0.25) is 0 Å². The van der Waals surface area contributed by atoms with Gasteiger partial charge in [0, 0.05) is 25.6 Å². The highest BCUT2D eigenvalue weighted by Crippen LogP contribution is 2.33. The second-order valence-corrected chi connectivity index (χ2v) is 7.17. The molecule has 2 aromatic rings. The van der Waals surface area contributed by atoms with Crippen LogP contribution in [-0.4, -0.2) is 25.7 Å². The lowest BCUT2D eigenvalue weighted by atomic mass is 9.89. The minimum atomic E-state index is 0.160. The van der Waals surface area contributed by atoms with Gasteiger partial charge in [0.25, 0.3) is 0 Å². The molecule has 1 aliphatic heterocycles. The number of ether oxygens (including phenoxy) is 1. The Labute approximate surface area is 163 Å². The molecule has 1 saturated heterocycles. The monoisotopic (exact) mass is 365 g/mol. The van der Waals surface area contributed by atoms with Gasteiger partial charge in [0.15, 0.2) is 5.96 Å². The van der Waals surface area contributed by atoms with Crippen LogP contribution in [0.1, 0.15) is 42.6 Å². The Hall–Kier alpha value is -2.33. The smallest absolute Gasteiger partial charge is 0.191 e. The maximum atomic E-state index is 6.11. The Kier molecular flexibility index (Phi) is 7.28. The molecule has 0 saturated carbocycles. The third-order valence-corrected chi connectivity index (χ3v) is 4.99. The molecule has 0 aliphatic carbocycles. The van der Waals surface area contributed by atoms with E-state index >= 15 is 0 Å². The first kappa shape index (κ1) is 19.4. The third-order valence-electron chi connectivity index (χ3n) is 4.99. The van der Waals surface area contributed by atoms with E-state index in [9.17, 15) is 0 Å². The standard InChI is InChI=1S/C23H31N3O/c1-3-24-23(25-16-19-13-11-18(2)12-14-19)26-17-21-10-7-15-27-22(21)20-8-5-4-6-9-20/h4-6,8-9,11-14,21-22H,3,7,10,15-17H2,1-2H3,(H2,24,25,26). The number of hydrogen-bond acceptors (Lipinski definition) is 2. The Morgan fingerprint density at radius 2 is 1.85 bits per heavy atom. The van der Waals surface area contributed by atoms with Gasteiger partial charge in [-0.1, -0.05) is 60.2 Å². The molecule has 1 aliphatic rings. The third kappa shape index (κ3) is 5.83. The number of rotatable bonds is 6. The average Bonchev–Trinajstić information content (AvgIpc) is 2.72. The number of benzene rings is 2. The van der Waals surface area contributed by atoms with E-state index in [4.69, 9.17) is 9.73 Å². The van der Waals surface area contributed by atoms with Gasteiger partial charge in [-0.25, -0.2) is 4.99 Å². The van der Waals surface area contributed by atoms with E-state index in [2.05, 4.69) is 79.1 Å². The number of nitrogens with zero attached hydrogens (tertiary/aromatic N) is 1. The molecule has 2 N–H and O–H groups in total. The van der Waals surface area contributed by atoms with Crippen LogP contribution in [0.15, 0.2) is 59.6 Å². The van der Waals surface area contributed by atoms with Crippen molar-refractivity contribution in [1.82, 2.24) is 10.6 Å². The second kappa shape index (κ2) is 10.1. The molecule has 3 rings (SSSR count). The minimum absolute atomic E-state index is 0.160. The van der Waals surface area contributed by atoms with Crippen molar-refractivity contribution in [2.75, 3.05) is 19.7 Å². The SMILES string of the molecule is CCNC(=NCc1ccc(C)cc1)NCC1CCCOC1c1ccccc1. The summed E-state index contributed by atoms with van der Waals surface area (Å²) in [6.07, 6.45) is 2.45. The van der Waals surface area contributed by atoms with Crippen molar-refractivity contribution in [3.63, 3.8) is 0 Å². The average molecular weight is 366 g/mol. The lowest BCUT2D eigenvalue weighted by Crippen LogP contribution is -2.42. The lowest BCUT2D eigenvalue weighted by molar-refractivity contribution is -0.0265. The van der Waals surface area contributed by atoms with Crippen molar-refractivity contribution < 1.29 is 4.74 Å². The number of hydrogen-bond donors (Lipinski definition) is 2. The highest BCUT2D eigenvalue weighted by molar-refractivity contribution is 5.79. The molecule has 144 valence electrons. The Morgan fingerprint density at radius 3 is 2.59 bits per heavy atom. The van der Waals surface area contributed by atoms with Crippen molar-refractivity contribution in [3.8, 4) is 0 Å². The minimum Gasteiger partial charge on any atom is -0.373 e. The fourth-order valence-corrected chi connectivity index (χ4v) is 3.50. The molecule has 2 aromatic carbocycles. The molecule has 4 nitrogen and oxygen atoms in total. The zero-order valence-corrected chi connectivity index (χ0v) is 16.4. The number of guanidine groups is 1. The van der Waals surface area contributed by atoms with E-state index in [1.165, 1.54) is 23.1 Å². The first-order valence-corrected chi connectivity index (χ1v) is 10.0. The van der Waals surface area contributed by atoms with E-state index in [0.717, 1.165) is 32.1 Å². The van der Waals surface area contributed by atoms with E-state index in [1.807, 2.05) is 0 Å². The predicted molar refractivity (Wildman–Crippen MR) is 112 cm³/mol. The molecule has 1 heterocycles. The summed E-state index contributed by atoms with van der Waals surface area (Å²) < 4.78 is 6.11. The van der Waals surface area contributed by atoms with Crippen LogP contribution in [-0.2, 0) is 11.3 Å². The second-order valence-electron chi connectivity index (χ2n) is 7.17. The van der Waals surface area contributed by atoms with Gasteiger partial charge in [0.05, 0.1) is 12.6 Å². The summed E-state index contributed by atoms with van der Waals surface area (Å²) in [7, 11) is 0. The molecule has 0 spiro atoms. The van der Waals surface area contributed by atoms with Crippen LogP contribution in [0.25, 0.3) is 0 Å². The fourth-order valence-electron chi connectivity index (χ4n) is 3.50. The number of nitrogens with one attached hydrogen (secondary N) is 2. The van der Waals surface area contributed by atoms with Gasteiger partial charge in [-0.3, -0.25) is 0 Å². The van der Waals surface area contributed by atoms with Gasteiger partial charge in [0.1, 0.15) is 0 Å². The summed E-state index contributed by atoms with van der Waals surface area (Å²) in [4.78, 5) is 4.75. The summed E-state index contributed by atoms with van der Waals surface area (Å²) in [5.41, 5.74) is 3.77. The fraction of sp³-hybridized carbons (Fsp3) is 0.435. The molecule has 4 heteroatoms. The van der Waals surface area contributed by atoms with Crippen LogP contribution in [0.5, 0.6) is 0 Å². The summed E-state index contributed by atoms with van der Waals surface area (Å²) in [6, 6.07) is 19.1. The van der Waals surface area contributed by atoms with Gasteiger partial charge in [-0.15, -0.1) is 0 Å². The van der Waals surface area contributed by atoms with Crippen molar-refractivity contribution in [2.45, 2.75) is 39.3 Å². The lowest BCUT2D eigenvalue weighted by Gasteiger charge is -2.32. The Bertz CT molecular complexity index is 712. The zero-order chi connectivity index (χ0) is 18.9. The molecular formula is C23H31N3O. The highest BCUT2D eigenvalue weighted by Gasteiger charge is 2.27. The summed E-state index contributed by atoms with van der Waals surface area (Å²) in [6.45, 7) is 7.44. The summed E-state index contributed by atoms with van der Waals surface area (Å²) in [5.74, 6) is 1.32. The molecule has 0 bridgehead atoms. The van der Waals surface area contributed by atoms with Crippen molar-refractivity contribution >= 4 is 5.96 Å². The van der Waals surface area contributed by atoms with Crippen molar-refractivity contribution in [3.05, 3.63) is 71.3 Å². The van der Waals surface area contributed by atoms with Crippen molar-refractivity contribution in [1.29, 1.82) is 0 Å². The number of aryl methyl sites for hydroxylation is 1. The Balaban J connectivity index is 1.61. The van der Waals surface area contributed by atoms with Gasteiger partial charge < -0.3 is 15.4 Å². The maximum Gasteiger partial charge on any atom is 0.191 e. The first-order chi connectivity index (χ1) is 13.3. The molecule has 2 atom stereocenters. The maximum absolute atomic E-state index is 6.11. The summed E-state index contributed by atoms with van der Waals surface area (Å²) in [5, 5.41) is 6.89. The quantitative estimate of drug-likeness (QED) is 0.595. The van der Waals surface area contributed by atoms with Crippen LogP contribution < -0.4 is 10.6 Å². The van der Waals surface area contributed by atoms with Crippen LogP contribution >= 0.6 is 0 Å². The van der Waals surface area contributed by atoms with E-state index < -0.39 is 0 Å². The van der Waals surface area contributed by atoms with E-state index in [0.29, 0.717) is 12.5 Å². The van der Waals surface area contributed by atoms with Gasteiger partial charge >= 0.3 is 0 Å². The van der Waals surface area contributed by atoms with E-state index in [1.54, 1.807) is 0 Å². The van der Waals surface area contributed by atoms with Crippen LogP contribution in [0.3, 0.4) is 0 Å². The van der Waals surface area contributed by atoms with Crippen LogP contribution in [0.4, 0.5) is 0 Å². The normalized spacial score (nSPS) is 20.3. The first-order valence-electron chi connectivity index (χ1n) is 10.0. The largest absolute Gasteiger partial charge is 0.373 e. The molecule has 1 fully saturated rings. The van der Waals surface area contributed by atoms with Crippen LogP contribution in [0, 0.1) is 12.8 Å². The van der Waals surface area contributed by atoms with Crippen molar-refractivity contribution in [2.24, 2.45) is 10.9 Å². The molecule has 0 radical (unpaired) electrons. The highest BCUT2D eigenvalue weighted by atomic mass is 16.5. The van der Waals surface area contributed by atoms with Crippen LogP contribution in [0.2, 0.25) is 0 Å². The van der Waals surface area contributed by atoms with Gasteiger partial charge in [-0.05, 0) is 37.8 Å². The Morgan fingerprint density at radius 1 is 1.07 bits per heavy atom. The molecular weight excluding hydrogens is 334 g/mol. The molecule has 0 aromatic heterocycles. The summed E-state index contributed by atoms with van der Waals surface area (Å²) >= 11 is 0. The molecule has 2 unspecified atom stereocenters. The zero-order valence-electron chi connectivity index (χ0n) is 16.4. The molecule has 0 amide bonds. The topological polar surface area (TPSA) is 45.7 Å².